The maximum Gasteiger partial charge on any atom is 0.416 e. The molecule has 2 nitrogen and oxygen atoms in total. The number of hydrogen-bond donors (Lipinski definition) is 1. The second-order valence-corrected chi connectivity index (χ2v) is 3.07. The van der Waals surface area contributed by atoms with E-state index in [2.05, 4.69) is 10.2 Å². The Morgan fingerprint density at radius 1 is 1.19 bits per heavy atom. The maximum atomic E-state index is 12.5. The lowest BCUT2D eigenvalue weighted by atomic mass is 10.0. The normalized spacial score (nSPS) is 11.1. The van der Waals surface area contributed by atoms with Crippen molar-refractivity contribution in [3.63, 3.8) is 0 Å². The molecule has 0 bridgehead atoms. The van der Waals surface area contributed by atoms with E-state index < -0.39 is 11.7 Å². The van der Waals surface area contributed by atoms with Crippen LogP contribution in [-0.4, -0.2) is 10.2 Å². The Bertz CT molecular complexity index is 472. The van der Waals surface area contributed by atoms with E-state index in [1.807, 2.05) is 13.8 Å². The molecule has 5 heteroatoms. The molecule has 1 aromatic carbocycles. The van der Waals surface area contributed by atoms with Gasteiger partial charge in [-0.3, -0.25) is 5.10 Å². The fraction of sp³-hybridized carbons (Fsp3) is 0.364. The van der Waals surface area contributed by atoms with Gasteiger partial charge in [-0.05, 0) is 24.6 Å². The third kappa shape index (κ3) is 2.18. The highest BCUT2D eigenvalue weighted by molar-refractivity contribution is 5.82. The first-order valence-electron chi connectivity index (χ1n) is 5.00. The number of rotatable bonds is 0. The van der Waals surface area contributed by atoms with Crippen molar-refractivity contribution in [3.05, 3.63) is 29.5 Å². The van der Waals surface area contributed by atoms with E-state index in [0.29, 0.717) is 10.9 Å². The fourth-order valence-electron chi connectivity index (χ4n) is 1.47. The van der Waals surface area contributed by atoms with Crippen LogP contribution in [0.4, 0.5) is 13.2 Å². The molecule has 0 aliphatic rings. The van der Waals surface area contributed by atoms with Gasteiger partial charge in [0.05, 0.1) is 17.3 Å². The van der Waals surface area contributed by atoms with Gasteiger partial charge >= 0.3 is 6.18 Å². The molecule has 2 aromatic rings. The number of fused-ring (bicyclic) bond motifs is 1. The van der Waals surface area contributed by atoms with E-state index >= 15 is 0 Å². The monoisotopic (exact) mass is 230 g/mol. The molecule has 16 heavy (non-hydrogen) atoms. The Balaban J connectivity index is 0.000000606. The molecule has 2 rings (SSSR count). The lowest BCUT2D eigenvalue weighted by molar-refractivity contribution is -0.137. The van der Waals surface area contributed by atoms with Crippen molar-refractivity contribution < 1.29 is 13.2 Å². The highest BCUT2D eigenvalue weighted by Gasteiger charge is 2.32. The summed E-state index contributed by atoms with van der Waals surface area (Å²) in [5.74, 6) is 0. The Hall–Kier alpha value is -1.52. The van der Waals surface area contributed by atoms with Crippen LogP contribution in [0.3, 0.4) is 0 Å². The van der Waals surface area contributed by atoms with Crippen molar-refractivity contribution in [2.75, 3.05) is 0 Å². The topological polar surface area (TPSA) is 28.7 Å². The zero-order valence-corrected chi connectivity index (χ0v) is 9.31. The lowest BCUT2D eigenvalue weighted by Crippen LogP contribution is -2.07. The molecule has 0 aliphatic heterocycles. The van der Waals surface area contributed by atoms with Gasteiger partial charge in [-0.1, -0.05) is 13.8 Å². The zero-order valence-electron chi connectivity index (χ0n) is 9.31. The number of hydrogen-bond acceptors (Lipinski definition) is 1. The number of nitrogens with zero attached hydrogens (tertiary/aromatic N) is 1. The SMILES string of the molecule is CC.Cc1c(C(F)(F)F)ccc2[nH]ncc12. The number of nitrogens with one attached hydrogen (secondary N) is 1. The van der Waals surface area contributed by atoms with E-state index in [9.17, 15) is 13.2 Å². The van der Waals surface area contributed by atoms with Crippen molar-refractivity contribution in [3.8, 4) is 0 Å². The first kappa shape index (κ1) is 12.5. The van der Waals surface area contributed by atoms with Gasteiger partial charge < -0.3 is 0 Å². The lowest BCUT2D eigenvalue weighted by Gasteiger charge is -2.09. The summed E-state index contributed by atoms with van der Waals surface area (Å²) in [6.07, 6.45) is -2.89. The Labute approximate surface area is 91.5 Å². The van der Waals surface area contributed by atoms with Gasteiger partial charge in [0.25, 0.3) is 0 Å². The van der Waals surface area contributed by atoms with Crippen LogP contribution in [0.15, 0.2) is 18.3 Å². The minimum atomic E-state index is -4.30. The summed E-state index contributed by atoms with van der Waals surface area (Å²) in [5.41, 5.74) is 0.227. The molecule has 0 fully saturated rings. The third-order valence-electron chi connectivity index (χ3n) is 2.20. The van der Waals surface area contributed by atoms with Crippen LogP contribution in [0.2, 0.25) is 0 Å². The smallest absolute Gasteiger partial charge is 0.278 e. The van der Waals surface area contributed by atoms with Crippen LogP contribution in [0.1, 0.15) is 25.0 Å². The molecule has 0 saturated heterocycles. The Morgan fingerprint density at radius 3 is 2.38 bits per heavy atom. The Kier molecular flexibility index (Phi) is 3.57. The van der Waals surface area contributed by atoms with Gasteiger partial charge in [0.2, 0.25) is 0 Å². The molecular weight excluding hydrogens is 217 g/mol. The summed E-state index contributed by atoms with van der Waals surface area (Å²) < 4.78 is 37.4. The summed E-state index contributed by atoms with van der Waals surface area (Å²) in [6.45, 7) is 5.45. The Morgan fingerprint density at radius 2 is 1.81 bits per heavy atom. The minimum Gasteiger partial charge on any atom is -0.278 e. The van der Waals surface area contributed by atoms with Crippen LogP contribution in [0.25, 0.3) is 10.9 Å². The summed E-state index contributed by atoms with van der Waals surface area (Å²) >= 11 is 0. The van der Waals surface area contributed by atoms with E-state index in [1.54, 1.807) is 0 Å². The predicted molar refractivity (Wildman–Crippen MR) is 57.2 cm³/mol. The molecule has 0 spiro atoms. The van der Waals surface area contributed by atoms with E-state index in [0.717, 1.165) is 6.07 Å². The second-order valence-electron chi connectivity index (χ2n) is 3.07. The van der Waals surface area contributed by atoms with E-state index in [4.69, 9.17) is 0 Å². The number of aromatic amines is 1. The molecule has 1 heterocycles. The zero-order chi connectivity index (χ0) is 12.3. The van der Waals surface area contributed by atoms with Gasteiger partial charge in [0, 0.05) is 5.39 Å². The van der Waals surface area contributed by atoms with Crippen LogP contribution < -0.4 is 0 Å². The average molecular weight is 230 g/mol. The molecule has 0 amide bonds. The molecule has 0 unspecified atom stereocenters. The van der Waals surface area contributed by atoms with Gasteiger partial charge in [-0.15, -0.1) is 0 Å². The molecule has 1 aromatic heterocycles. The molecule has 0 saturated carbocycles. The number of H-pyrrole nitrogens is 1. The highest BCUT2D eigenvalue weighted by atomic mass is 19.4. The van der Waals surface area contributed by atoms with Gasteiger partial charge in [-0.2, -0.15) is 18.3 Å². The molecule has 0 radical (unpaired) electrons. The molecule has 0 atom stereocenters. The first-order valence-corrected chi connectivity index (χ1v) is 5.00. The quantitative estimate of drug-likeness (QED) is 0.730. The predicted octanol–water partition coefficient (Wildman–Crippen LogP) is 3.92. The van der Waals surface area contributed by atoms with Crippen LogP contribution in [-0.2, 0) is 6.18 Å². The van der Waals surface area contributed by atoms with Crippen molar-refractivity contribution in [1.82, 2.24) is 10.2 Å². The van der Waals surface area contributed by atoms with Crippen LogP contribution in [0, 0.1) is 6.92 Å². The number of benzene rings is 1. The summed E-state index contributed by atoms with van der Waals surface area (Å²) in [4.78, 5) is 0. The minimum absolute atomic E-state index is 0.212. The molecule has 0 aliphatic carbocycles. The van der Waals surface area contributed by atoms with Gasteiger partial charge in [0.1, 0.15) is 0 Å². The third-order valence-corrected chi connectivity index (χ3v) is 2.20. The van der Waals surface area contributed by atoms with Gasteiger partial charge in [-0.25, -0.2) is 0 Å². The van der Waals surface area contributed by atoms with E-state index in [1.165, 1.54) is 19.2 Å². The van der Waals surface area contributed by atoms with Crippen molar-refractivity contribution in [2.45, 2.75) is 26.9 Å². The summed E-state index contributed by atoms with van der Waals surface area (Å²) in [7, 11) is 0. The standard InChI is InChI=1S/C9H7F3N2.C2H6/c1-5-6-4-13-14-8(6)3-2-7(5)9(10,11)12;1-2/h2-4H,1H3,(H,13,14);1-2H3. The van der Waals surface area contributed by atoms with Crippen molar-refractivity contribution in [2.24, 2.45) is 0 Å². The summed E-state index contributed by atoms with van der Waals surface area (Å²) in [5, 5.41) is 6.83. The number of aryl methyl sites for hydroxylation is 1. The summed E-state index contributed by atoms with van der Waals surface area (Å²) in [6, 6.07) is 2.45. The molecule has 1 N–H and O–H groups in total. The van der Waals surface area contributed by atoms with Crippen LogP contribution >= 0.6 is 0 Å². The number of halogens is 3. The number of aromatic nitrogens is 2. The van der Waals surface area contributed by atoms with Gasteiger partial charge in [0.15, 0.2) is 0 Å². The molecule has 88 valence electrons. The van der Waals surface area contributed by atoms with Crippen molar-refractivity contribution >= 4 is 10.9 Å². The first-order chi connectivity index (χ1) is 7.50. The highest BCUT2D eigenvalue weighted by Crippen LogP contribution is 2.34. The number of alkyl halides is 3. The molecular formula is C11H13F3N2. The fourth-order valence-corrected chi connectivity index (χ4v) is 1.47. The van der Waals surface area contributed by atoms with Crippen molar-refractivity contribution in [1.29, 1.82) is 0 Å². The van der Waals surface area contributed by atoms with E-state index in [-0.39, 0.29) is 5.56 Å². The second kappa shape index (κ2) is 4.55. The maximum absolute atomic E-state index is 12.5. The van der Waals surface area contributed by atoms with Crippen LogP contribution in [0.5, 0.6) is 0 Å². The largest absolute Gasteiger partial charge is 0.416 e. The average Bonchev–Trinajstić information content (AvgIpc) is 2.68.